The number of anilines is 1. The molecule has 3 rings (SSSR count). The van der Waals surface area contributed by atoms with E-state index in [9.17, 15) is 0 Å². The second kappa shape index (κ2) is 7.91. The Morgan fingerprint density at radius 2 is 1.92 bits per heavy atom. The second-order valence-corrected chi connectivity index (χ2v) is 6.59. The smallest absolute Gasteiger partial charge is 0.138 e. The van der Waals surface area contributed by atoms with Crippen molar-refractivity contribution in [3.05, 3.63) is 81.7 Å². The normalized spacial score (nSPS) is 10.5. The predicted molar refractivity (Wildman–Crippen MR) is 106 cm³/mol. The van der Waals surface area contributed by atoms with Gasteiger partial charge in [-0.3, -0.25) is 0 Å². The van der Waals surface area contributed by atoms with Gasteiger partial charge in [-0.25, -0.2) is 0 Å². The van der Waals surface area contributed by atoms with Crippen LogP contribution in [-0.2, 0) is 6.61 Å². The zero-order chi connectivity index (χ0) is 17.8. The quantitative estimate of drug-likeness (QED) is 0.520. The van der Waals surface area contributed by atoms with Gasteiger partial charge >= 0.3 is 0 Å². The number of nitrogens with one attached hydrogen (secondary N) is 1. The molecule has 3 aromatic rings. The molecule has 0 saturated carbocycles. The molecule has 0 aliphatic heterocycles. The molecule has 0 aliphatic rings. The van der Waals surface area contributed by atoms with Crippen LogP contribution in [0.25, 0.3) is 0 Å². The Balaban J connectivity index is 1.73. The number of thiocarbonyl (C=S) groups is 1. The zero-order valence-corrected chi connectivity index (χ0v) is 15.7. The van der Waals surface area contributed by atoms with Crippen LogP contribution in [0.4, 0.5) is 5.69 Å². The monoisotopic (exact) mass is 391 g/mol. The molecule has 128 valence electrons. The van der Waals surface area contributed by atoms with E-state index in [1.54, 1.807) is 18.4 Å². The molecule has 25 heavy (non-hydrogen) atoms. The third-order valence-corrected chi connectivity index (χ3v) is 4.63. The first-order valence-corrected chi connectivity index (χ1v) is 8.72. The van der Waals surface area contributed by atoms with Crippen LogP contribution in [0, 0.1) is 6.92 Å². The molecule has 0 radical (unpaired) electrons. The summed E-state index contributed by atoms with van der Waals surface area (Å²) in [6.45, 7) is 2.17. The molecule has 1 N–H and O–H groups in total. The van der Waals surface area contributed by atoms with Gasteiger partial charge in [-0.1, -0.05) is 47.6 Å². The van der Waals surface area contributed by atoms with Gasteiger partial charge in [0.2, 0.25) is 0 Å². The minimum absolute atomic E-state index is 0.301. The Hall–Kier alpha value is -2.01. The fourth-order valence-corrected chi connectivity index (χ4v) is 2.99. The molecule has 0 spiro atoms. The Morgan fingerprint density at radius 3 is 2.64 bits per heavy atom. The van der Waals surface area contributed by atoms with Crippen molar-refractivity contribution in [3.63, 3.8) is 0 Å². The van der Waals surface area contributed by atoms with Crippen molar-refractivity contribution in [2.75, 3.05) is 5.32 Å². The van der Waals surface area contributed by atoms with Gasteiger partial charge < -0.3 is 14.5 Å². The zero-order valence-electron chi connectivity index (χ0n) is 13.4. The van der Waals surface area contributed by atoms with Crippen molar-refractivity contribution in [2.24, 2.45) is 0 Å². The highest BCUT2D eigenvalue weighted by molar-refractivity contribution is 7.81. The van der Waals surface area contributed by atoms with Crippen LogP contribution in [0.2, 0.25) is 10.0 Å². The molecular formula is C19H15Cl2NO2S. The molecule has 0 bridgehead atoms. The van der Waals surface area contributed by atoms with Crippen LogP contribution in [0.15, 0.2) is 59.2 Å². The average molecular weight is 392 g/mol. The number of benzene rings is 2. The van der Waals surface area contributed by atoms with Crippen LogP contribution in [-0.4, -0.2) is 4.99 Å². The molecule has 0 saturated heterocycles. The fourth-order valence-electron chi connectivity index (χ4n) is 2.30. The third-order valence-electron chi connectivity index (χ3n) is 3.63. The first kappa shape index (κ1) is 17.8. The number of halogens is 2. The van der Waals surface area contributed by atoms with Crippen LogP contribution >= 0.6 is 35.4 Å². The summed E-state index contributed by atoms with van der Waals surface area (Å²) in [5.41, 5.74) is 2.52. The molecule has 6 heteroatoms. The number of hydrogen-bond acceptors (Lipinski definition) is 3. The van der Waals surface area contributed by atoms with Crippen LogP contribution in [0.1, 0.15) is 16.9 Å². The summed E-state index contributed by atoms with van der Waals surface area (Å²) < 4.78 is 11.0. The number of aryl methyl sites for hydroxylation is 1. The van der Waals surface area contributed by atoms with E-state index in [0.29, 0.717) is 27.4 Å². The van der Waals surface area contributed by atoms with E-state index < -0.39 is 0 Å². The first-order valence-electron chi connectivity index (χ1n) is 7.56. The third kappa shape index (κ3) is 4.34. The molecule has 3 nitrogen and oxygen atoms in total. The Labute approximate surface area is 161 Å². The Kier molecular flexibility index (Phi) is 5.63. The highest BCUT2D eigenvalue weighted by Crippen LogP contribution is 2.27. The number of furan rings is 1. The predicted octanol–water partition coefficient (Wildman–Crippen LogP) is 6.26. The molecule has 0 unspecified atom stereocenters. The molecule has 2 aromatic carbocycles. The van der Waals surface area contributed by atoms with Crippen LogP contribution in [0.5, 0.6) is 5.75 Å². The fraction of sp³-hybridized carbons (Fsp3) is 0.105. The lowest BCUT2D eigenvalue weighted by molar-refractivity contribution is 0.306. The van der Waals surface area contributed by atoms with Gasteiger partial charge in [0, 0.05) is 16.3 Å². The first-order chi connectivity index (χ1) is 12.0. The van der Waals surface area contributed by atoms with Gasteiger partial charge in [-0.05, 0) is 43.3 Å². The molecule has 0 amide bonds. The largest absolute Gasteiger partial charge is 0.487 e. The van der Waals surface area contributed by atoms with E-state index in [2.05, 4.69) is 5.32 Å². The lowest BCUT2D eigenvalue weighted by Crippen LogP contribution is -2.11. The van der Waals surface area contributed by atoms with Crippen molar-refractivity contribution in [1.29, 1.82) is 0 Å². The minimum Gasteiger partial charge on any atom is -0.487 e. The topological polar surface area (TPSA) is 34.4 Å². The van der Waals surface area contributed by atoms with Crippen LogP contribution in [0.3, 0.4) is 0 Å². The van der Waals surface area contributed by atoms with E-state index in [1.165, 1.54) is 0 Å². The average Bonchev–Trinajstić information content (AvgIpc) is 3.03. The van der Waals surface area contributed by atoms with Crippen molar-refractivity contribution in [1.82, 2.24) is 0 Å². The highest BCUT2D eigenvalue weighted by atomic mass is 35.5. The maximum atomic E-state index is 6.27. The number of rotatable bonds is 5. The summed E-state index contributed by atoms with van der Waals surface area (Å²) in [6.07, 6.45) is 1.61. The molecule has 0 atom stereocenters. The minimum atomic E-state index is 0.301. The maximum Gasteiger partial charge on any atom is 0.138 e. The summed E-state index contributed by atoms with van der Waals surface area (Å²) in [5, 5.41) is 4.37. The summed E-state index contributed by atoms with van der Waals surface area (Å²) in [4.78, 5) is 0.589. The van der Waals surface area contributed by atoms with Gasteiger partial charge in [0.1, 0.15) is 23.1 Å². The second-order valence-electron chi connectivity index (χ2n) is 5.37. The molecular weight excluding hydrogens is 377 g/mol. The molecule has 0 fully saturated rings. The maximum absolute atomic E-state index is 6.27. The van der Waals surface area contributed by atoms with Crippen molar-refractivity contribution in [3.8, 4) is 5.75 Å². The van der Waals surface area contributed by atoms with Gasteiger partial charge in [-0.2, -0.15) is 0 Å². The van der Waals surface area contributed by atoms with E-state index in [1.807, 2.05) is 43.3 Å². The van der Waals surface area contributed by atoms with E-state index >= 15 is 0 Å². The molecule has 1 heterocycles. The standard InChI is InChI=1S/C19H15Cl2NO2S/c1-12-15(8-9-23-12)19(25)22-14-6-7-16(20)13(10-14)11-24-18-5-3-2-4-17(18)21/h2-10H,11H2,1H3,(H,22,25). The van der Waals surface area contributed by atoms with E-state index in [-0.39, 0.29) is 0 Å². The van der Waals surface area contributed by atoms with Gasteiger partial charge in [-0.15, -0.1) is 0 Å². The SMILES string of the molecule is Cc1occc1C(=S)Nc1ccc(Cl)c(COc2ccccc2Cl)c1. The summed E-state index contributed by atoms with van der Waals surface area (Å²) in [6, 6.07) is 14.7. The van der Waals surface area contributed by atoms with Crippen molar-refractivity contribution < 1.29 is 9.15 Å². The molecule has 1 aromatic heterocycles. The number of para-hydroxylation sites is 1. The Bertz CT molecular complexity index is 908. The summed E-state index contributed by atoms with van der Waals surface area (Å²) in [5.74, 6) is 1.39. The van der Waals surface area contributed by atoms with E-state index in [4.69, 9.17) is 44.6 Å². The molecule has 0 aliphatic carbocycles. The van der Waals surface area contributed by atoms with Gasteiger partial charge in [0.15, 0.2) is 0 Å². The van der Waals surface area contributed by atoms with Crippen LogP contribution < -0.4 is 10.1 Å². The summed E-state index contributed by atoms with van der Waals surface area (Å²) >= 11 is 17.8. The highest BCUT2D eigenvalue weighted by Gasteiger charge is 2.10. The van der Waals surface area contributed by atoms with Gasteiger partial charge in [0.05, 0.1) is 16.8 Å². The lowest BCUT2D eigenvalue weighted by atomic mass is 10.2. The number of ether oxygens (including phenoxy) is 1. The Morgan fingerprint density at radius 1 is 1.12 bits per heavy atom. The van der Waals surface area contributed by atoms with Crippen molar-refractivity contribution in [2.45, 2.75) is 13.5 Å². The summed E-state index contributed by atoms with van der Waals surface area (Å²) in [7, 11) is 0. The van der Waals surface area contributed by atoms with Gasteiger partial charge in [0.25, 0.3) is 0 Å². The van der Waals surface area contributed by atoms with Crippen molar-refractivity contribution >= 4 is 46.1 Å². The van der Waals surface area contributed by atoms with E-state index in [0.717, 1.165) is 22.6 Å². The number of hydrogen-bond donors (Lipinski definition) is 1. The lowest BCUT2D eigenvalue weighted by Gasteiger charge is -2.12.